The summed E-state index contributed by atoms with van der Waals surface area (Å²) in [5.41, 5.74) is 0. The van der Waals surface area contributed by atoms with Crippen molar-refractivity contribution < 1.29 is 78.1 Å². The van der Waals surface area contributed by atoms with E-state index in [1.165, 1.54) is 0 Å². The van der Waals surface area contributed by atoms with Gasteiger partial charge in [-0.3, -0.25) is 0 Å². The molecule has 0 amide bonds. The summed E-state index contributed by atoms with van der Waals surface area (Å²) < 4.78 is 40.5. The molecule has 9 heavy (non-hydrogen) atoms. The van der Waals surface area contributed by atoms with Crippen LogP contribution in [0.5, 0.6) is 0 Å². The van der Waals surface area contributed by atoms with Gasteiger partial charge in [0.05, 0.1) is 0 Å². The first-order valence-corrected chi connectivity index (χ1v) is 5.20. The molecule has 0 aliphatic rings. The van der Waals surface area contributed by atoms with Gasteiger partial charge in [-0.25, -0.2) is 0 Å². The largest absolute Gasteiger partial charge is 1.00 e. The molecule has 0 atom stereocenters. The normalized spacial score (nSPS) is 14.4. The van der Waals surface area contributed by atoms with Crippen molar-refractivity contribution >= 4 is 29.0 Å². The van der Waals surface area contributed by atoms with Gasteiger partial charge in [-0.2, -0.15) is 0 Å². The van der Waals surface area contributed by atoms with Crippen LogP contribution in [0.4, 0.5) is 0 Å². The van der Waals surface area contributed by atoms with Crippen molar-refractivity contribution in [1.82, 2.24) is 0 Å². The predicted molar refractivity (Wildman–Crippen MR) is 14.0 cm³/mol. The standard InChI is InChI=1S/2Na.H2O5Se2/c;;1-6(2)5-7(3)4/h;;(H,1,2)(H,3,4)/q2*+1;/p-2. The second kappa shape index (κ2) is 10.5. The monoisotopic (exact) mass is 286 g/mol. The average Bonchev–Trinajstić information content (AvgIpc) is 1.27. The molecule has 0 bridgehead atoms. The zero-order valence-corrected chi connectivity index (χ0v) is 12.3. The predicted octanol–water partition coefficient (Wildman–Crippen LogP) is -9.44. The van der Waals surface area contributed by atoms with Crippen molar-refractivity contribution in [3.8, 4) is 0 Å². The van der Waals surface area contributed by atoms with E-state index in [1.807, 2.05) is 0 Å². The zero-order valence-electron chi connectivity index (χ0n) is 4.86. The fraction of sp³-hybridized carbons (Fsp3) is 0. The minimum absolute atomic E-state index is 0. The van der Waals surface area contributed by atoms with E-state index >= 15 is 0 Å². The topological polar surface area (TPSA) is 89.5 Å². The smallest absolute Gasteiger partial charge is 1.00 e. The Hall–Kier alpha value is 2.52. The molecule has 0 aromatic rings. The second-order valence-electron chi connectivity index (χ2n) is 0.476. The van der Waals surface area contributed by atoms with E-state index in [-0.39, 0.29) is 59.1 Å². The summed E-state index contributed by atoms with van der Waals surface area (Å²) in [7, 11) is 0. The molecule has 0 heterocycles. The van der Waals surface area contributed by atoms with Gasteiger partial charge in [-0.15, -0.1) is 0 Å². The van der Waals surface area contributed by atoms with Crippen LogP contribution >= 0.6 is 0 Å². The summed E-state index contributed by atoms with van der Waals surface area (Å²) in [6.45, 7) is 0. The third-order valence-electron chi connectivity index (χ3n) is 0.111. The van der Waals surface area contributed by atoms with Crippen LogP contribution in [0, 0.1) is 0 Å². The van der Waals surface area contributed by atoms with E-state index in [1.54, 1.807) is 0 Å². The number of rotatable bonds is 2. The van der Waals surface area contributed by atoms with Crippen LogP contribution in [-0.2, 0) is 10.6 Å². The van der Waals surface area contributed by atoms with Gasteiger partial charge in [0.15, 0.2) is 0 Å². The molecule has 0 rings (SSSR count). The Morgan fingerprint density at radius 1 is 1.00 bits per heavy atom. The fourth-order valence-corrected chi connectivity index (χ4v) is 1.22. The summed E-state index contributed by atoms with van der Waals surface area (Å²) >= 11 is -7.38. The molecule has 0 saturated carbocycles. The Bertz CT molecular complexity index is 89.1. The van der Waals surface area contributed by atoms with Gasteiger partial charge in [-0.05, 0) is 0 Å². The summed E-state index contributed by atoms with van der Waals surface area (Å²) in [5, 5.41) is 0. The maximum Gasteiger partial charge on any atom is 1.00 e. The first-order valence-electron chi connectivity index (χ1n) is 1.00. The fourth-order valence-electron chi connectivity index (χ4n) is 0.0454. The third kappa shape index (κ3) is 18.0. The minimum Gasteiger partial charge on any atom is 1.00 e. The first-order chi connectivity index (χ1) is 3.13. The Morgan fingerprint density at radius 3 is 1.22 bits per heavy atom. The van der Waals surface area contributed by atoms with Crippen molar-refractivity contribution in [3.63, 3.8) is 0 Å². The van der Waals surface area contributed by atoms with E-state index in [4.69, 9.17) is 0 Å². The molecule has 0 fully saturated rings. The SMILES string of the molecule is O=[Se]([O-])O[Se](=O)[O-].[Na+].[Na+]. The molecule has 5 nitrogen and oxygen atoms in total. The molecular formula is Na2O5Se2. The summed E-state index contributed by atoms with van der Waals surface area (Å²) in [6, 6.07) is 0. The number of hydrogen-bond donors (Lipinski definition) is 0. The van der Waals surface area contributed by atoms with Gasteiger partial charge in [0.1, 0.15) is 0 Å². The molecule has 0 aliphatic carbocycles. The van der Waals surface area contributed by atoms with Crippen LogP contribution in [0.3, 0.4) is 0 Å². The van der Waals surface area contributed by atoms with Crippen molar-refractivity contribution in [3.05, 3.63) is 0 Å². The second-order valence-corrected chi connectivity index (χ2v) is 3.96. The van der Waals surface area contributed by atoms with Gasteiger partial charge in [0.25, 0.3) is 0 Å². The Labute approximate surface area is 105 Å². The van der Waals surface area contributed by atoms with Crippen LogP contribution in [-0.4, -0.2) is 29.0 Å². The van der Waals surface area contributed by atoms with Gasteiger partial charge >= 0.3 is 107 Å². The Kier molecular flexibility index (Phi) is 20.5. The van der Waals surface area contributed by atoms with Crippen molar-refractivity contribution in [1.29, 1.82) is 0 Å². The van der Waals surface area contributed by atoms with E-state index in [2.05, 4.69) is 2.90 Å². The van der Waals surface area contributed by atoms with Crippen molar-refractivity contribution in [2.24, 2.45) is 0 Å². The van der Waals surface area contributed by atoms with Gasteiger partial charge in [0, 0.05) is 0 Å². The van der Waals surface area contributed by atoms with Crippen LogP contribution in [0.25, 0.3) is 0 Å². The maximum absolute atomic E-state index is 9.32. The molecule has 0 unspecified atom stereocenters. The summed E-state index contributed by atoms with van der Waals surface area (Å²) in [5.74, 6) is 0. The quantitative estimate of drug-likeness (QED) is 0.470. The molecule has 0 aromatic heterocycles. The van der Waals surface area contributed by atoms with Crippen molar-refractivity contribution in [2.75, 3.05) is 0 Å². The van der Waals surface area contributed by atoms with Gasteiger partial charge < -0.3 is 0 Å². The van der Waals surface area contributed by atoms with E-state index in [0.29, 0.717) is 0 Å². The zero-order chi connectivity index (χ0) is 5.86. The Balaban J connectivity index is -0.000000180. The number of hydrogen-bond acceptors (Lipinski definition) is 5. The molecule has 0 aliphatic heterocycles. The van der Waals surface area contributed by atoms with Gasteiger partial charge in [0.2, 0.25) is 0 Å². The Morgan fingerprint density at radius 2 is 1.22 bits per heavy atom. The average molecular weight is 284 g/mol. The minimum atomic E-state index is -3.69. The van der Waals surface area contributed by atoms with E-state index < -0.39 is 29.0 Å². The molecule has 44 valence electrons. The van der Waals surface area contributed by atoms with Crippen LogP contribution in [0.15, 0.2) is 0 Å². The van der Waals surface area contributed by atoms with Gasteiger partial charge in [-0.1, -0.05) is 0 Å². The molecule has 0 aromatic carbocycles. The maximum atomic E-state index is 9.32. The van der Waals surface area contributed by atoms with Crippen LogP contribution in [0.1, 0.15) is 0 Å². The third-order valence-corrected chi connectivity index (χ3v) is 3.00. The molecule has 0 radical (unpaired) electrons. The van der Waals surface area contributed by atoms with Crippen LogP contribution in [0.2, 0.25) is 0 Å². The summed E-state index contributed by atoms with van der Waals surface area (Å²) in [6.07, 6.45) is 0. The molecule has 0 saturated heterocycles. The molecular weight excluding hydrogens is 284 g/mol. The van der Waals surface area contributed by atoms with E-state index in [9.17, 15) is 16.0 Å². The van der Waals surface area contributed by atoms with Crippen molar-refractivity contribution in [2.45, 2.75) is 0 Å². The molecule has 0 spiro atoms. The van der Waals surface area contributed by atoms with Crippen LogP contribution < -0.4 is 67.5 Å². The van der Waals surface area contributed by atoms with E-state index in [0.717, 1.165) is 0 Å². The molecule has 0 N–H and O–H groups in total. The summed E-state index contributed by atoms with van der Waals surface area (Å²) in [4.78, 5) is 0. The first kappa shape index (κ1) is 17.6. The molecule has 9 heteroatoms.